The minimum atomic E-state index is -0.0553. The molecule has 0 radical (unpaired) electrons. The average molecular weight is 232 g/mol. The third-order valence-electron chi connectivity index (χ3n) is 3.45. The molecule has 1 aliphatic rings. The molecule has 3 nitrogen and oxygen atoms in total. The second-order valence-electron chi connectivity index (χ2n) is 4.55. The maximum atomic E-state index is 12.1. The number of likely N-dealkylation sites (N-methyl/N-ethyl adjacent to an activating group) is 1. The van der Waals surface area contributed by atoms with E-state index in [2.05, 4.69) is 17.9 Å². The van der Waals surface area contributed by atoms with E-state index in [1.54, 1.807) is 0 Å². The molecule has 1 fully saturated rings. The van der Waals surface area contributed by atoms with Crippen molar-refractivity contribution in [3.63, 3.8) is 0 Å². The lowest BCUT2D eigenvalue weighted by molar-refractivity contribution is -0.127. The Bertz CT molecular complexity index is 403. The van der Waals surface area contributed by atoms with Gasteiger partial charge in [0.05, 0.1) is 6.04 Å². The fourth-order valence-electron chi connectivity index (χ4n) is 2.55. The van der Waals surface area contributed by atoms with E-state index in [1.165, 1.54) is 0 Å². The number of Topliss-reactive ketones (excluding diaryl/α,β-unsaturated/α-hetero) is 1. The molecule has 17 heavy (non-hydrogen) atoms. The average Bonchev–Trinajstić information content (AvgIpc) is 2.38. The van der Waals surface area contributed by atoms with Crippen molar-refractivity contribution in [2.45, 2.75) is 32.4 Å². The van der Waals surface area contributed by atoms with Crippen molar-refractivity contribution < 1.29 is 4.79 Å². The highest BCUT2D eigenvalue weighted by Crippen LogP contribution is 2.28. The van der Waals surface area contributed by atoms with Crippen molar-refractivity contribution in [1.82, 2.24) is 4.90 Å². The van der Waals surface area contributed by atoms with Gasteiger partial charge >= 0.3 is 0 Å². The van der Waals surface area contributed by atoms with Crippen molar-refractivity contribution in [3.8, 4) is 0 Å². The van der Waals surface area contributed by atoms with E-state index < -0.39 is 0 Å². The molecule has 0 amide bonds. The molecule has 0 aliphatic carbocycles. The second-order valence-corrected chi connectivity index (χ2v) is 4.55. The number of piperidine rings is 1. The first-order valence-electron chi connectivity index (χ1n) is 6.32. The molecule has 1 atom stereocenters. The Morgan fingerprint density at radius 2 is 2.29 bits per heavy atom. The van der Waals surface area contributed by atoms with Gasteiger partial charge in [-0.15, -0.1) is 0 Å². The summed E-state index contributed by atoms with van der Waals surface area (Å²) in [4.78, 5) is 14.3. The summed E-state index contributed by atoms with van der Waals surface area (Å²) in [5.41, 5.74) is 7.84. The number of hydrogen-bond acceptors (Lipinski definition) is 3. The Kier molecular flexibility index (Phi) is 3.92. The van der Waals surface area contributed by atoms with Gasteiger partial charge in [-0.3, -0.25) is 9.69 Å². The number of hydrogen-bond donors (Lipinski definition) is 1. The predicted molar refractivity (Wildman–Crippen MR) is 68.6 cm³/mol. The Morgan fingerprint density at radius 3 is 3.00 bits per heavy atom. The van der Waals surface area contributed by atoms with E-state index in [-0.39, 0.29) is 6.04 Å². The molecule has 1 aromatic carbocycles. The lowest BCUT2D eigenvalue weighted by Crippen LogP contribution is -2.39. The number of likely N-dealkylation sites (tertiary alicyclic amines) is 1. The largest absolute Gasteiger partial charge is 0.326 e. The topological polar surface area (TPSA) is 46.3 Å². The smallest absolute Gasteiger partial charge is 0.154 e. The highest BCUT2D eigenvalue weighted by atomic mass is 16.1. The van der Waals surface area contributed by atoms with Gasteiger partial charge in [0.1, 0.15) is 0 Å². The molecule has 92 valence electrons. The summed E-state index contributed by atoms with van der Waals surface area (Å²) in [6, 6.07) is 8.05. The molecule has 1 aliphatic heterocycles. The maximum absolute atomic E-state index is 12.1. The van der Waals surface area contributed by atoms with Crippen LogP contribution in [0.25, 0.3) is 0 Å². The molecule has 1 aromatic rings. The van der Waals surface area contributed by atoms with Gasteiger partial charge in [-0.2, -0.15) is 0 Å². The Morgan fingerprint density at radius 1 is 1.47 bits per heavy atom. The predicted octanol–water partition coefficient (Wildman–Crippen LogP) is 1.87. The van der Waals surface area contributed by atoms with Crippen LogP contribution in [0.2, 0.25) is 0 Å². The molecule has 2 rings (SSSR count). The summed E-state index contributed by atoms with van der Waals surface area (Å²) in [6.07, 6.45) is 1.69. The molecular weight excluding hydrogens is 212 g/mol. The number of carbonyl (C=O) groups is 1. The van der Waals surface area contributed by atoms with E-state index in [9.17, 15) is 4.79 Å². The van der Waals surface area contributed by atoms with Gasteiger partial charge in [0.2, 0.25) is 0 Å². The van der Waals surface area contributed by atoms with Crippen molar-refractivity contribution >= 4 is 5.78 Å². The van der Waals surface area contributed by atoms with Gasteiger partial charge in [0.25, 0.3) is 0 Å². The molecule has 1 heterocycles. The molecule has 1 unspecified atom stereocenters. The normalized spacial score (nSPS) is 21.8. The van der Waals surface area contributed by atoms with Gasteiger partial charge in [-0.25, -0.2) is 0 Å². The van der Waals surface area contributed by atoms with Crippen LogP contribution < -0.4 is 5.73 Å². The van der Waals surface area contributed by atoms with Crippen LogP contribution in [0.4, 0.5) is 0 Å². The van der Waals surface area contributed by atoms with E-state index in [1.807, 2.05) is 18.2 Å². The Hall–Kier alpha value is -1.19. The fraction of sp³-hybridized carbons (Fsp3) is 0.500. The van der Waals surface area contributed by atoms with Crippen LogP contribution in [0, 0.1) is 0 Å². The minimum Gasteiger partial charge on any atom is -0.326 e. The van der Waals surface area contributed by atoms with Gasteiger partial charge in [0.15, 0.2) is 5.78 Å². The molecule has 1 saturated heterocycles. The van der Waals surface area contributed by atoms with Crippen molar-refractivity contribution in [2.75, 3.05) is 13.1 Å². The highest BCUT2D eigenvalue weighted by molar-refractivity contribution is 5.86. The molecule has 0 spiro atoms. The monoisotopic (exact) mass is 232 g/mol. The second kappa shape index (κ2) is 5.43. The highest BCUT2D eigenvalue weighted by Gasteiger charge is 2.29. The third-order valence-corrected chi connectivity index (χ3v) is 3.45. The number of nitrogens with zero attached hydrogens (tertiary/aromatic N) is 1. The zero-order chi connectivity index (χ0) is 12.3. The summed E-state index contributed by atoms with van der Waals surface area (Å²) in [5.74, 6) is 0.340. The zero-order valence-corrected chi connectivity index (χ0v) is 10.4. The molecular formula is C14H20N2O. The van der Waals surface area contributed by atoms with Crippen LogP contribution in [0.5, 0.6) is 0 Å². The fourth-order valence-corrected chi connectivity index (χ4v) is 2.55. The first kappa shape index (κ1) is 12.3. The first-order chi connectivity index (χ1) is 8.26. The Balaban J connectivity index is 2.30. The zero-order valence-electron chi connectivity index (χ0n) is 10.4. The van der Waals surface area contributed by atoms with Crippen LogP contribution in [0.1, 0.15) is 36.9 Å². The van der Waals surface area contributed by atoms with Crippen LogP contribution in [-0.4, -0.2) is 23.8 Å². The van der Waals surface area contributed by atoms with E-state index >= 15 is 0 Å². The minimum absolute atomic E-state index is 0.0553. The van der Waals surface area contributed by atoms with Gasteiger partial charge in [-0.05, 0) is 30.6 Å². The summed E-state index contributed by atoms with van der Waals surface area (Å²) >= 11 is 0. The molecule has 3 heteroatoms. The lowest BCUT2D eigenvalue weighted by Gasteiger charge is -2.34. The van der Waals surface area contributed by atoms with Crippen LogP contribution >= 0.6 is 0 Å². The molecule has 0 bridgehead atoms. The number of carbonyl (C=O) groups excluding carboxylic acids is 1. The standard InChI is InChI=1S/C14H20N2O/c1-2-16-8-4-7-13(17)14(16)12-6-3-5-11(9-12)10-15/h3,5-6,9,14H,2,4,7-8,10,15H2,1H3. The summed E-state index contributed by atoms with van der Waals surface area (Å²) in [7, 11) is 0. The maximum Gasteiger partial charge on any atom is 0.154 e. The number of rotatable bonds is 3. The Labute approximate surface area is 103 Å². The summed E-state index contributed by atoms with van der Waals surface area (Å²) in [6.45, 7) is 4.57. The lowest BCUT2D eigenvalue weighted by atomic mass is 9.93. The van der Waals surface area contributed by atoms with E-state index in [0.717, 1.165) is 30.6 Å². The quantitative estimate of drug-likeness (QED) is 0.865. The molecule has 2 N–H and O–H groups in total. The molecule has 0 aromatic heterocycles. The summed E-state index contributed by atoms with van der Waals surface area (Å²) < 4.78 is 0. The van der Waals surface area contributed by atoms with Crippen molar-refractivity contribution in [3.05, 3.63) is 35.4 Å². The van der Waals surface area contributed by atoms with Crippen molar-refractivity contribution in [2.24, 2.45) is 5.73 Å². The number of ketones is 1. The van der Waals surface area contributed by atoms with Crippen LogP contribution in [0.15, 0.2) is 24.3 Å². The van der Waals surface area contributed by atoms with Gasteiger partial charge in [-0.1, -0.05) is 31.2 Å². The number of nitrogens with two attached hydrogens (primary N) is 1. The van der Waals surface area contributed by atoms with E-state index in [0.29, 0.717) is 18.7 Å². The van der Waals surface area contributed by atoms with Gasteiger partial charge in [0, 0.05) is 13.0 Å². The van der Waals surface area contributed by atoms with Crippen LogP contribution in [-0.2, 0) is 11.3 Å². The van der Waals surface area contributed by atoms with Crippen LogP contribution in [0.3, 0.4) is 0 Å². The van der Waals surface area contributed by atoms with Crippen molar-refractivity contribution in [1.29, 1.82) is 0 Å². The van der Waals surface area contributed by atoms with Gasteiger partial charge < -0.3 is 5.73 Å². The number of benzene rings is 1. The SMILES string of the molecule is CCN1CCCC(=O)C1c1cccc(CN)c1. The molecule has 0 saturated carbocycles. The third kappa shape index (κ3) is 2.56. The summed E-state index contributed by atoms with van der Waals surface area (Å²) in [5, 5.41) is 0. The van der Waals surface area contributed by atoms with E-state index in [4.69, 9.17) is 5.73 Å². The first-order valence-corrected chi connectivity index (χ1v) is 6.32.